The summed E-state index contributed by atoms with van der Waals surface area (Å²) in [5.74, 6) is -2.61. The van der Waals surface area contributed by atoms with Crippen LogP contribution in [0.25, 0.3) is 11.0 Å². The minimum absolute atomic E-state index is 0.0464. The number of para-hydroxylation sites is 1. The molecule has 1 aliphatic heterocycles. The zero-order valence-corrected chi connectivity index (χ0v) is 20.0. The second-order valence-corrected chi connectivity index (χ2v) is 9.27. The Morgan fingerprint density at radius 1 is 1.11 bits per heavy atom. The second-order valence-electron chi connectivity index (χ2n) is 9.27. The number of alkyl halides is 3. The van der Waals surface area contributed by atoms with E-state index in [-0.39, 0.29) is 52.7 Å². The van der Waals surface area contributed by atoms with Crippen LogP contribution in [0.15, 0.2) is 45.6 Å². The van der Waals surface area contributed by atoms with Crippen LogP contribution >= 0.6 is 0 Å². The zero-order valence-electron chi connectivity index (χ0n) is 20.0. The van der Waals surface area contributed by atoms with Gasteiger partial charge in [0.2, 0.25) is 11.2 Å². The summed E-state index contributed by atoms with van der Waals surface area (Å²) in [6.45, 7) is 8.67. The topological polar surface area (TPSA) is 72.1 Å². The lowest BCUT2D eigenvalue weighted by molar-refractivity contribution is -0.154. The van der Waals surface area contributed by atoms with E-state index in [2.05, 4.69) is 0 Å². The molecule has 0 spiro atoms. The van der Waals surface area contributed by atoms with Crippen LogP contribution < -0.4 is 10.2 Å². The van der Waals surface area contributed by atoms with Crippen LogP contribution in [0.4, 0.5) is 13.2 Å². The molecule has 0 bridgehead atoms. The monoisotopic (exact) mass is 491 g/mol. The largest absolute Gasteiger partial charge is 0.507 e. The smallest absolute Gasteiger partial charge is 0.453 e. The summed E-state index contributed by atoms with van der Waals surface area (Å²) in [5, 5.41) is 10.4. The Bertz CT molecular complexity index is 1270. The Balaban J connectivity index is 1.87. The molecule has 1 aromatic heterocycles. The van der Waals surface area contributed by atoms with Gasteiger partial charge in [0.15, 0.2) is 0 Å². The quantitative estimate of drug-likeness (QED) is 0.469. The van der Waals surface area contributed by atoms with Crippen molar-refractivity contribution in [1.29, 1.82) is 0 Å². The van der Waals surface area contributed by atoms with Crippen molar-refractivity contribution >= 4 is 11.0 Å². The van der Waals surface area contributed by atoms with Crippen molar-refractivity contribution in [2.75, 3.05) is 13.1 Å². The van der Waals surface area contributed by atoms with E-state index >= 15 is 0 Å². The Morgan fingerprint density at radius 3 is 2.40 bits per heavy atom. The van der Waals surface area contributed by atoms with Gasteiger partial charge in [-0.2, -0.15) is 13.2 Å². The number of benzene rings is 2. The zero-order chi connectivity index (χ0) is 25.5. The lowest BCUT2D eigenvalue weighted by atomic mass is 10.0. The molecule has 0 saturated carbocycles. The molecule has 0 amide bonds. The van der Waals surface area contributed by atoms with Crippen LogP contribution in [-0.2, 0) is 17.5 Å². The van der Waals surface area contributed by atoms with Gasteiger partial charge in [-0.3, -0.25) is 9.69 Å². The first kappa shape index (κ1) is 25.1. The van der Waals surface area contributed by atoms with Crippen molar-refractivity contribution in [3.05, 3.63) is 63.5 Å². The van der Waals surface area contributed by atoms with Crippen LogP contribution in [0.2, 0.25) is 0 Å². The highest BCUT2D eigenvalue weighted by atomic mass is 19.4. The molecule has 6 nitrogen and oxygen atoms in total. The number of morpholine rings is 1. The molecule has 1 aliphatic rings. The van der Waals surface area contributed by atoms with Gasteiger partial charge >= 0.3 is 6.18 Å². The molecule has 2 atom stereocenters. The average Bonchev–Trinajstić information content (AvgIpc) is 2.76. The molecule has 0 unspecified atom stereocenters. The van der Waals surface area contributed by atoms with Crippen molar-refractivity contribution in [3.8, 4) is 17.2 Å². The van der Waals surface area contributed by atoms with E-state index in [1.54, 1.807) is 18.2 Å². The maximum absolute atomic E-state index is 14.1. The molecule has 35 heavy (non-hydrogen) atoms. The number of aromatic hydroxyl groups is 1. The first-order chi connectivity index (χ1) is 16.5. The van der Waals surface area contributed by atoms with Crippen LogP contribution in [-0.4, -0.2) is 35.3 Å². The van der Waals surface area contributed by atoms with Crippen molar-refractivity contribution in [3.63, 3.8) is 0 Å². The molecule has 2 heterocycles. The molecule has 1 fully saturated rings. The number of hydrogen-bond donors (Lipinski definition) is 1. The number of fused-ring (bicyclic) bond motifs is 1. The van der Waals surface area contributed by atoms with Gasteiger partial charge in [-0.1, -0.05) is 32.0 Å². The maximum Gasteiger partial charge on any atom is 0.453 e. The fourth-order valence-corrected chi connectivity index (χ4v) is 4.52. The number of phenols is 1. The number of halogens is 3. The fourth-order valence-electron chi connectivity index (χ4n) is 4.52. The van der Waals surface area contributed by atoms with Gasteiger partial charge < -0.3 is 19.0 Å². The van der Waals surface area contributed by atoms with Crippen LogP contribution in [0.1, 0.15) is 50.5 Å². The maximum atomic E-state index is 14.1. The second kappa shape index (κ2) is 9.54. The van der Waals surface area contributed by atoms with Crippen molar-refractivity contribution in [1.82, 2.24) is 4.90 Å². The van der Waals surface area contributed by atoms with Crippen LogP contribution in [0.3, 0.4) is 0 Å². The van der Waals surface area contributed by atoms with Gasteiger partial charge in [-0.15, -0.1) is 0 Å². The summed E-state index contributed by atoms with van der Waals surface area (Å²) in [5.41, 5.74) is -0.497. The van der Waals surface area contributed by atoms with Crippen LogP contribution in [0, 0.1) is 0 Å². The van der Waals surface area contributed by atoms with Crippen molar-refractivity contribution < 1.29 is 32.2 Å². The van der Waals surface area contributed by atoms with E-state index < -0.39 is 23.1 Å². The van der Waals surface area contributed by atoms with E-state index in [0.717, 1.165) is 0 Å². The van der Waals surface area contributed by atoms with Crippen molar-refractivity contribution in [2.45, 2.75) is 58.5 Å². The van der Waals surface area contributed by atoms with Gasteiger partial charge in [0, 0.05) is 19.6 Å². The molecular formula is C26H28F3NO5. The predicted molar refractivity (Wildman–Crippen MR) is 125 cm³/mol. The van der Waals surface area contributed by atoms with E-state index in [1.807, 2.05) is 32.6 Å². The minimum atomic E-state index is -5.00. The highest BCUT2D eigenvalue weighted by Gasteiger charge is 2.41. The number of phenolic OH excluding ortho intramolecular Hbond substituents is 1. The molecule has 1 saturated heterocycles. The Labute approximate surface area is 200 Å². The van der Waals surface area contributed by atoms with E-state index in [9.17, 15) is 23.1 Å². The molecule has 0 radical (unpaired) electrons. The molecular weight excluding hydrogens is 463 g/mol. The molecule has 1 N–H and O–H groups in total. The van der Waals surface area contributed by atoms with Gasteiger partial charge in [-0.25, -0.2) is 0 Å². The number of rotatable bonds is 5. The van der Waals surface area contributed by atoms with Gasteiger partial charge in [0.25, 0.3) is 5.76 Å². The highest BCUT2D eigenvalue weighted by Crippen LogP contribution is 2.41. The number of nitrogens with zero attached hydrogens (tertiary/aromatic N) is 1. The third-order valence-corrected chi connectivity index (χ3v) is 5.98. The standard InChI is InChI=1S/C26H28F3NO5/c1-14(2)17-7-5-6-8-21(17)34-24-22(32)18-9-10-20(31)19(23(18)35-25(24)26(27,28)29)13-30-11-15(3)33-16(4)12-30/h5-10,14-16,31H,11-13H2,1-4H3/t15-,16-/m0/s1. The Morgan fingerprint density at radius 2 is 1.77 bits per heavy atom. The summed E-state index contributed by atoms with van der Waals surface area (Å²) in [6.07, 6.45) is -5.18. The first-order valence-corrected chi connectivity index (χ1v) is 11.5. The molecule has 3 aromatic rings. The normalized spacial score (nSPS) is 19.4. The van der Waals surface area contributed by atoms with Crippen molar-refractivity contribution in [2.24, 2.45) is 0 Å². The summed E-state index contributed by atoms with van der Waals surface area (Å²) in [7, 11) is 0. The van der Waals surface area contributed by atoms with Gasteiger partial charge in [0.05, 0.1) is 23.2 Å². The van der Waals surface area contributed by atoms with Crippen LogP contribution in [0.5, 0.6) is 17.2 Å². The molecule has 9 heteroatoms. The average molecular weight is 492 g/mol. The third-order valence-electron chi connectivity index (χ3n) is 5.98. The molecule has 2 aromatic carbocycles. The molecule has 188 valence electrons. The van der Waals surface area contributed by atoms with Gasteiger partial charge in [0.1, 0.15) is 17.1 Å². The summed E-state index contributed by atoms with van der Waals surface area (Å²) in [4.78, 5) is 15.3. The lowest BCUT2D eigenvalue weighted by Crippen LogP contribution is -2.44. The fraction of sp³-hybridized carbons (Fsp3) is 0.423. The van der Waals surface area contributed by atoms with E-state index in [0.29, 0.717) is 18.7 Å². The van der Waals surface area contributed by atoms with E-state index in [1.165, 1.54) is 18.2 Å². The lowest BCUT2D eigenvalue weighted by Gasteiger charge is -2.35. The predicted octanol–water partition coefficient (Wildman–Crippen LogP) is 6.04. The van der Waals surface area contributed by atoms with E-state index in [4.69, 9.17) is 13.9 Å². The first-order valence-electron chi connectivity index (χ1n) is 11.5. The number of ether oxygens (including phenoxy) is 2. The molecule has 4 rings (SSSR count). The SMILES string of the molecule is CC(C)c1ccccc1Oc1c(C(F)(F)F)oc2c(CN3C[C@H](C)O[C@@H](C)C3)c(O)ccc2c1=O. The Hall–Kier alpha value is -3.04. The highest BCUT2D eigenvalue weighted by molar-refractivity contribution is 5.83. The summed E-state index contributed by atoms with van der Waals surface area (Å²) < 4.78 is 59.0. The summed E-state index contributed by atoms with van der Waals surface area (Å²) >= 11 is 0. The summed E-state index contributed by atoms with van der Waals surface area (Å²) in [6, 6.07) is 9.17. The number of hydrogen-bond acceptors (Lipinski definition) is 6. The Kier molecular flexibility index (Phi) is 6.83. The molecule has 0 aliphatic carbocycles. The third kappa shape index (κ3) is 5.16. The van der Waals surface area contributed by atoms with Gasteiger partial charge in [-0.05, 0) is 43.5 Å². The minimum Gasteiger partial charge on any atom is -0.507 e.